The molecule has 0 bridgehead atoms. The van der Waals surface area contributed by atoms with Crippen LogP contribution in [0, 0.1) is 11.3 Å². The average Bonchev–Trinajstić information content (AvgIpc) is 2.92. The van der Waals surface area contributed by atoms with Crippen molar-refractivity contribution >= 4 is 5.91 Å². The van der Waals surface area contributed by atoms with Crippen molar-refractivity contribution in [2.24, 2.45) is 11.3 Å². The highest BCUT2D eigenvalue weighted by Crippen LogP contribution is 2.45. The molecule has 1 amide bonds. The minimum Gasteiger partial charge on any atom is -0.356 e. The van der Waals surface area contributed by atoms with Crippen LogP contribution in [0.2, 0.25) is 0 Å². The van der Waals surface area contributed by atoms with Crippen molar-refractivity contribution in [3.8, 4) is 0 Å². The Hall–Kier alpha value is -0.570. The van der Waals surface area contributed by atoms with Crippen LogP contribution in [-0.4, -0.2) is 36.5 Å². The van der Waals surface area contributed by atoms with Crippen molar-refractivity contribution in [2.75, 3.05) is 19.6 Å². The summed E-state index contributed by atoms with van der Waals surface area (Å²) in [6.45, 7) is 10.2. The third-order valence-corrected chi connectivity index (χ3v) is 5.47. The summed E-state index contributed by atoms with van der Waals surface area (Å²) in [5.74, 6) is 0.994. The van der Waals surface area contributed by atoms with E-state index >= 15 is 0 Å². The minimum atomic E-state index is 0.260. The molecular formula is C18H34N2O. The Kier molecular flexibility index (Phi) is 6.09. The van der Waals surface area contributed by atoms with Gasteiger partial charge in [0.15, 0.2) is 0 Å². The van der Waals surface area contributed by atoms with Crippen LogP contribution < -0.4 is 5.32 Å². The molecule has 0 radical (unpaired) electrons. The average molecular weight is 294 g/mol. The first-order chi connectivity index (χ1) is 10.0. The third kappa shape index (κ3) is 4.98. The number of carbonyl (C=O) groups excluding carboxylic acids is 1. The Labute approximate surface area is 130 Å². The van der Waals surface area contributed by atoms with Crippen LogP contribution in [0.25, 0.3) is 0 Å². The molecule has 1 aliphatic carbocycles. The molecule has 3 heteroatoms. The molecule has 2 rings (SSSR count). The van der Waals surface area contributed by atoms with Gasteiger partial charge in [0.05, 0.1) is 0 Å². The number of amides is 1. The van der Waals surface area contributed by atoms with E-state index in [0.717, 1.165) is 18.9 Å². The van der Waals surface area contributed by atoms with Crippen molar-refractivity contribution in [3.05, 3.63) is 0 Å². The molecule has 21 heavy (non-hydrogen) atoms. The maximum absolute atomic E-state index is 12.1. The molecule has 0 aromatic rings. The van der Waals surface area contributed by atoms with Crippen LogP contribution in [-0.2, 0) is 4.79 Å². The lowest BCUT2D eigenvalue weighted by Crippen LogP contribution is -2.43. The Balaban J connectivity index is 1.64. The molecule has 0 aromatic carbocycles. The van der Waals surface area contributed by atoms with Crippen LogP contribution in [0.5, 0.6) is 0 Å². The first-order valence-electron chi connectivity index (χ1n) is 9.01. The zero-order valence-electron chi connectivity index (χ0n) is 14.3. The van der Waals surface area contributed by atoms with E-state index in [0.29, 0.717) is 17.9 Å². The van der Waals surface area contributed by atoms with Gasteiger partial charge in [0.2, 0.25) is 5.91 Å². The second-order valence-corrected chi connectivity index (χ2v) is 7.86. The number of carbonyl (C=O) groups is 1. The fourth-order valence-electron chi connectivity index (χ4n) is 4.08. The summed E-state index contributed by atoms with van der Waals surface area (Å²) in [4.78, 5) is 14.6. The van der Waals surface area contributed by atoms with E-state index in [-0.39, 0.29) is 5.91 Å². The summed E-state index contributed by atoms with van der Waals surface area (Å²) >= 11 is 0. The quantitative estimate of drug-likeness (QED) is 0.742. The van der Waals surface area contributed by atoms with E-state index in [4.69, 9.17) is 0 Å². The van der Waals surface area contributed by atoms with E-state index in [9.17, 15) is 4.79 Å². The molecule has 1 unspecified atom stereocenters. The van der Waals surface area contributed by atoms with Gasteiger partial charge < -0.3 is 10.2 Å². The molecule has 1 saturated heterocycles. The molecule has 0 spiro atoms. The first kappa shape index (κ1) is 16.8. The Morgan fingerprint density at radius 1 is 1.14 bits per heavy atom. The van der Waals surface area contributed by atoms with Crippen molar-refractivity contribution in [1.29, 1.82) is 0 Å². The molecule has 3 nitrogen and oxygen atoms in total. The van der Waals surface area contributed by atoms with E-state index in [2.05, 4.69) is 31.0 Å². The predicted octanol–water partition coefficient (Wildman–Crippen LogP) is 3.58. The van der Waals surface area contributed by atoms with Crippen molar-refractivity contribution < 1.29 is 4.79 Å². The van der Waals surface area contributed by atoms with Crippen LogP contribution in [0.1, 0.15) is 72.1 Å². The van der Waals surface area contributed by atoms with Gasteiger partial charge in [0.25, 0.3) is 0 Å². The number of rotatable bonds is 8. The summed E-state index contributed by atoms with van der Waals surface area (Å²) in [5.41, 5.74) is 0.421. The van der Waals surface area contributed by atoms with Gasteiger partial charge >= 0.3 is 0 Å². The van der Waals surface area contributed by atoms with Crippen LogP contribution in [0.15, 0.2) is 0 Å². The topological polar surface area (TPSA) is 32.3 Å². The van der Waals surface area contributed by atoms with Gasteiger partial charge in [-0.15, -0.1) is 0 Å². The van der Waals surface area contributed by atoms with Crippen LogP contribution in [0.3, 0.4) is 0 Å². The smallest absolute Gasteiger partial charge is 0.220 e. The Morgan fingerprint density at radius 2 is 1.81 bits per heavy atom. The summed E-state index contributed by atoms with van der Waals surface area (Å²) in [6.07, 6.45) is 9.55. The van der Waals surface area contributed by atoms with Gasteiger partial charge in [-0.2, -0.15) is 0 Å². The van der Waals surface area contributed by atoms with Crippen molar-refractivity contribution in [1.82, 2.24) is 10.2 Å². The number of likely N-dealkylation sites (tertiary alicyclic amines) is 1. The lowest BCUT2D eigenvalue weighted by atomic mass is 9.64. The minimum absolute atomic E-state index is 0.260. The van der Waals surface area contributed by atoms with Gasteiger partial charge in [-0.05, 0) is 69.9 Å². The highest BCUT2D eigenvalue weighted by Gasteiger charge is 2.37. The highest BCUT2D eigenvalue weighted by atomic mass is 16.1. The fourth-order valence-corrected chi connectivity index (χ4v) is 4.08. The van der Waals surface area contributed by atoms with Crippen molar-refractivity contribution in [3.63, 3.8) is 0 Å². The first-order valence-corrected chi connectivity index (χ1v) is 9.01. The largest absolute Gasteiger partial charge is 0.356 e. The number of hydrogen-bond donors (Lipinski definition) is 1. The Bertz CT molecular complexity index is 330. The lowest BCUT2D eigenvalue weighted by molar-refractivity contribution is -0.122. The molecule has 0 aromatic heterocycles. The number of nitrogens with zero attached hydrogens (tertiary/aromatic N) is 1. The maximum Gasteiger partial charge on any atom is 0.220 e. The standard InChI is InChI=1S/C18H34N2O/c1-15(2)13-18(9-6-10-18)14-19-17(21)8-7-16(3)20-11-4-5-12-20/h15-16H,4-14H2,1-3H3,(H,19,21). The Morgan fingerprint density at radius 3 is 2.33 bits per heavy atom. The molecule has 1 atom stereocenters. The molecule has 1 saturated carbocycles. The summed E-state index contributed by atoms with van der Waals surface area (Å²) in [5, 5.41) is 3.22. The summed E-state index contributed by atoms with van der Waals surface area (Å²) < 4.78 is 0. The number of hydrogen-bond acceptors (Lipinski definition) is 2. The highest BCUT2D eigenvalue weighted by molar-refractivity contribution is 5.75. The molecule has 2 aliphatic rings. The molecule has 1 heterocycles. The molecule has 122 valence electrons. The van der Waals surface area contributed by atoms with Crippen molar-refractivity contribution in [2.45, 2.75) is 78.2 Å². The van der Waals surface area contributed by atoms with E-state index in [1.807, 2.05) is 0 Å². The molecule has 1 aliphatic heterocycles. The number of nitrogens with one attached hydrogen (secondary N) is 1. The molecule has 1 N–H and O–H groups in total. The van der Waals surface area contributed by atoms with Crippen LogP contribution >= 0.6 is 0 Å². The van der Waals surface area contributed by atoms with Gasteiger partial charge in [0.1, 0.15) is 0 Å². The summed E-state index contributed by atoms with van der Waals surface area (Å²) in [6, 6.07) is 0.562. The monoisotopic (exact) mass is 294 g/mol. The molecule has 2 fully saturated rings. The lowest BCUT2D eigenvalue weighted by Gasteiger charge is -2.43. The van der Waals surface area contributed by atoms with E-state index in [1.165, 1.54) is 51.6 Å². The fraction of sp³-hybridized carbons (Fsp3) is 0.944. The SMILES string of the molecule is CC(C)CC1(CNC(=O)CCC(C)N2CCCC2)CCC1. The van der Waals surface area contributed by atoms with Gasteiger partial charge in [-0.3, -0.25) is 4.79 Å². The van der Waals surface area contributed by atoms with E-state index < -0.39 is 0 Å². The van der Waals surface area contributed by atoms with E-state index in [1.54, 1.807) is 0 Å². The van der Waals surface area contributed by atoms with Gasteiger partial charge in [-0.1, -0.05) is 20.3 Å². The predicted molar refractivity (Wildman–Crippen MR) is 88.3 cm³/mol. The zero-order valence-corrected chi connectivity index (χ0v) is 14.3. The van der Waals surface area contributed by atoms with Crippen LogP contribution in [0.4, 0.5) is 0 Å². The second-order valence-electron chi connectivity index (χ2n) is 7.86. The van der Waals surface area contributed by atoms with Gasteiger partial charge in [0, 0.05) is 19.0 Å². The molecular weight excluding hydrogens is 260 g/mol. The second kappa shape index (κ2) is 7.62. The normalized spacial score (nSPS) is 23.0. The summed E-state index contributed by atoms with van der Waals surface area (Å²) in [7, 11) is 0. The zero-order chi connectivity index (χ0) is 15.3. The van der Waals surface area contributed by atoms with Gasteiger partial charge in [-0.25, -0.2) is 0 Å². The maximum atomic E-state index is 12.1. The third-order valence-electron chi connectivity index (χ3n) is 5.47.